The molecule has 1 aliphatic heterocycles. The summed E-state index contributed by atoms with van der Waals surface area (Å²) in [4.78, 5) is 5.32. The van der Waals surface area contributed by atoms with Crippen molar-refractivity contribution in [1.29, 1.82) is 0 Å². The molecule has 1 N–H and O–H groups in total. The maximum Gasteiger partial charge on any atom is 0.0916 e. The largest absolute Gasteiger partial charge is 0.382 e. The van der Waals surface area contributed by atoms with Gasteiger partial charge >= 0.3 is 0 Å². The van der Waals surface area contributed by atoms with E-state index in [4.69, 9.17) is 14.3 Å². The van der Waals surface area contributed by atoms with Crippen molar-refractivity contribution in [1.82, 2.24) is 5.48 Å². The maximum absolute atomic E-state index is 5.49. The van der Waals surface area contributed by atoms with Gasteiger partial charge in [-0.3, -0.25) is 4.84 Å². The number of fused-ring (bicyclic) bond motifs is 1. The highest BCUT2D eigenvalue weighted by Crippen LogP contribution is 2.24. The molecule has 0 saturated heterocycles. The van der Waals surface area contributed by atoms with E-state index in [0.717, 1.165) is 0 Å². The van der Waals surface area contributed by atoms with Gasteiger partial charge in [0, 0.05) is 7.11 Å². The minimum absolute atomic E-state index is 0.113. The zero-order valence-electron chi connectivity index (χ0n) is 9.44. The summed E-state index contributed by atoms with van der Waals surface area (Å²) in [7, 11) is 1.66. The van der Waals surface area contributed by atoms with Gasteiger partial charge in [0.25, 0.3) is 0 Å². The molecule has 0 saturated carbocycles. The van der Waals surface area contributed by atoms with Gasteiger partial charge in [-0.1, -0.05) is 24.3 Å². The molecule has 0 aliphatic carbocycles. The quantitative estimate of drug-likeness (QED) is 0.605. The Morgan fingerprint density at radius 1 is 1.38 bits per heavy atom. The molecule has 1 aromatic carbocycles. The summed E-state index contributed by atoms with van der Waals surface area (Å²) in [6, 6.07) is 8.36. The average molecular weight is 223 g/mol. The van der Waals surface area contributed by atoms with Crippen LogP contribution in [0.4, 0.5) is 0 Å². The van der Waals surface area contributed by atoms with Crippen LogP contribution in [0, 0.1) is 0 Å². The lowest BCUT2D eigenvalue weighted by Gasteiger charge is -2.26. The summed E-state index contributed by atoms with van der Waals surface area (Å²) in [5.74, 6) is 0. The smallest absolute Gasteiger partial charge is 0.0916 e. The van der Waals surface area contributed by atoms with E-state index in [1.165, 1.54) is 11.1 Å². The van der Waals surface area contributed by atoms with Gasteiger partial charge in [-0.25, -0.2) is 0 Å². The Hall–Kier alpha value is -0.940. The van der Waals surface area contributed by atoms with Crippen LogP contribution in [-0.2, 0) is 20.9 Å². The number of ether oxygens (including phenoxy) is 2. The van der Waals surface area contributed by atoms with Crippen LogP contribution in [0.25, 0.3) is 0 Å². The second-order valence-corrected chi connectivity index (χ2v) is 3.73. The van der Waals surface area contributed by atoms with Gasteiger partial charge < -0.3 is 9.47 Å². The SMILES string of the molecule is COCCONC1COCc2ccccc21. The fourth-order valence-corrected chi connectivity index (χ4v) is 1.76. The van der Waals surface area contributed by atoms with Crippen molar-refractivity contribution < 1.29 is 14.3 Å². The van der Waals surface area contributed by atoms with Gasteiger partial charge in [-0.05, 0) is 11.1 Å². The lowest BCUT2D eigenvalue weighted by Crippen LogP contribution is -2.30. The summed E-state index contributed by atoms with van der Waals surface area (Å²) >= 11 is 0. The first-order valence-corrected chi connectivity index (χ1v) is 5.43. The summed E-state index contributed by atoms with van der Waals surface area (Å²) in [6.45, 7) is 2.45. The van der Waals surface area contributed by atoms with E-state index in [1.54, 1.807) is 7.11 Å². The lowest BCUT2D eigenvalue weighted by molar-refractivity contribution is -0.0402. The molecule has 16 heavy (non-hydrogen) atoms. The van der Waals surface area contributed by atoms with E-state index >= 15 is 0 Å². The minimum Gasteiger partial charge on any atom is -0.382 e. The van der Waals surface area contributed by atoms with Gasteiger partial charge in [0.2, 0.25) is 0 Å². The second-order valence-electron chi connectivity index (χ2n) is 3.73. The molecule has 0 bridgehead atoms. The van der Waals surface area contributed by atoms with Crippen molar-refractivity contribution >= 4 is 0 Å². The van der Waals surface area contributed by atoms with Crippen LogP contribution in [0.5, 0.6) is 0 Å². The van der Waals surface area contributed by atoms with Crippen molar-refractivity contribution in [3.8, 4) is 0 Å². The van der Waals surface area contributed by atoms with Gasteiger partial charge in [0.1, 0.15) is 0 Å². The molecule has 88 valence electrons. The molecule has 2 rings (SSSR count). The van der Waals surface area contributed by atoms with Gasteiger partial charge in [0.05, 0.1) is 32.5 Å². The standard InChI is InChI=1S/C12H17NO3/c1-14-6-7-16-13-12-9-15-8-10-4-2-3-5-11(10)12/h2-5,12-13H,6-9H2,1H3. The molecule has 1 aromatic rings. The molecule has 1 aliphatic rings. The predicted molar refractivity (Wildman–Crippen MR) is 59.8 cm³/mol. The normalized spacial score (nSPS) is 19.4. The summed E-state index contributed by atoms with van der Waals surface area (Å²) < 4.78 is 10.4. The molecule has 0 fully saturated rings. The molecule has 1 unspecified atom stereocenters. The fourth-order valence-electron chi connectivity index (χ4n) is 1.76. The highest BCUT2D eigenvalue weighted by molar-refractivity contribution is 5.30. The molecule has 1 heterocycles. The first-order valence-electron chi connectivity index (χ1n) is 5.43. The van der Waals surface area contributed by atoms with E-state index in [-0.39, 0.29) is 6.04 Å². The van der Waals surface area contributed by atoms with Crippen molar-refractivity contribution in [3.63, 3.8) is 0 Å². The van der Waals surface area contributed by atoms with E-state index < -0.39 is 0 Å². The van der Waals surface area contributed by atoms with Crippen LogP contribution in [-0.4, -0.2) is 26.9 Å². The molecule has 4 nitrogen and oxygen atoms in total. The number of hydrogen-bond acceptors (Lipinski definition) is 4. The number of hydroxylamine groups is 1. The average Bonchev–Trinajstić information content (AvgIpc) is 2.35. The van der Waals surface area contributed by atoms with Gasteiger partial charge in [-0.2, -0.15) is 5.48 Å². The molecule has 0 aromatic heterocycles. The van der Waals surface area contributed by atoms with Crippen LogP contribution in [0.2, 0.25) is 0 Å². The monoisotopic (exact) mass is 223 g/mol. The summed E-state index contributed by atoms with van der Waals surface area (Å²) in [6.07, 6.45) is 0. The summed E-state index contributed by atoms with van der Waals surface area (Å²) in [5, 5.41) is 0. The van der Waals surface area contributed by atoms with Crippen LogP contribution in [0.1, 0.15) is 17.2 Å². The first kappa shape index (κ1) is 11.5. The van der Waals surface area contributed by atoms with Crippen molar-refractivity contribution in [2.45, 2.75) is 12.6 Å². The van der Waals surface area contributed by atoms with Crippen molar-refractivity contribution in [2.75, 3.05) is 26.9 Å². The Kier molecular flexibility index (Phi) is 4.30. The van der Waals surface area contributed by atoms with Crippen LogP contribution in [0.3, 0.4) is 0 Å². The van der Waals surface area contributed by atoms with Gasteiger partial charge in [0.15, 0.2) is 0 Å². The van der Waals surface area contributed by atoms with E-state index in [2.05, 4.69) is 17.6 Å². The van der Waals surface area contributed by atoms with Crippen molar-refractivity contribution in [3.05, 3.63) is 35.4 Å². The van der Waals surface area contributed by atoms with Crippen LogP contribution < -0.4 is 5.48 Å². The number of benzene rings is 1. The zero-order valence-corrected chi connectivity index (χ0v) is 9.44. The maximum atomic E-state index is 5.49. The predicted octanol–water partition coefficient (Wildman–Crippen LogP) is 1.43. The highest BCUT2D eigenvalue weighted by atomic mass is 16.7. The minimum atomic E-state index is 0.113. The number of hydrogen-bond donors (Lipinski definition) is 1. The lowest BCUT2D eigenvalue weighted by atomic mass is 10.00. The number of rotatable bonds is 5. The molecule has 0 spiro atoms. The molecule has 0 radical (unpaired) electrons. The molecule has 0 amide bonds. The molecular formula is C12H17NO3. The first-order chi connectivity index (χ1) is 7.92. The van der Waals surface area contributed by atoms with E-state index in [0.29, 0.717) is 26.4 Å². The highest BCUT2D eigenvalue weighted by Gasteiger charge is 2.19. The van der Waals surface area contributed by atoms with Gasteiger partial charge in [-0.15, -0.1) is 0 Å². The topological polar surface area (TPSA) is 39.7 Å². The Labute approximate surface area is 95.5 Å². The Balaban J connectivity index is 1.91. The number of nitrogens with one attached hydrogen (secondary N) is 1. The van der Waals surface area contributed by atoms with Crippen LogP contribution in [0.15, 0.2) is 24.3 Å². The van der Waals surface area contributed by atoms with Crippen LogP contribution >= 0.6 is 0 Å². The fraction of sp³-hybridized carbons (Fsp3) is 0.500. The van der Waals surface area contributed by atoms with E-state index in [9.17, 15) is 0 Å². The molecule has 4 heteroatoms. The summed E-state index contributed by atoms with van der Waals surface area (Å²) in [5.41, 5.74) is 5.49. The third kappa shape index (κ3) is 2.80. The Morgan fingerprint density at radius 3 is 3.12 bits per heavy atom. The van der Waals surface area contributed by atoms with Crippen molar-refractivity contribution in [2.24, 2.45) is 0 Å². The third-order valence-corrected chi connectivity index (χ3v) is 2.59. The zero-order chi connectivity index (χ0) is 11.2. The number of methoxy groups -OCH3 is 1. The molecular weight excluding hydrogens is 206 g/mol. The van der Waals surface area contributed by atoms with E-state index in [1.807, 2.05) is 12.1 Å². The Morgan fingerprint density at radius 2 is 2.25 bits per heavy atom. The second kappa shape index (κ2) is 5.96. The molecule has 1 atom stereocenters. The Bertz CT molecular complexity index is 330. The third-order valence-electron chi connectivity index (χ3n) is 2.59.